The van der Waals surface area contributed by atoms with E-state index < -0.39 is 12.0 Å². The lowest BCUT2D eigenvalue weighted by molar-refractivity contribution is -0.138. The molecular formula is C6H13BrN3O2S-. The predicted molar refractivity (Wildman–Crippen MR) is 49.2 cm³/mol. The summed E-state index contributed by atoms with van der Waals surface area (Å²) in [5.74, 6) is -0.334. The van der Waals surface area contributed by atoms with Gasteiger partial charge in [-0.05, 0) is 12.8 Å². The Kier molecular flexibility index (Phi) is 9.75. The molecule has 13 heavy (non-hydrogen) atoms. The molecule has 0 heterocycles. The number of aliphatic carboxylic acids is 1. The summed E-state index contributed by atoms with van der Waals surface area (Å²) in [6, 6.07) is -0.794. The number of rotatable bonds is 5. The Morgan fingerprint density at radius 2 is 2.15 bits per heavy atom. The van der Waals surface area contributed by atoms with Crippen LogP contribution < -0.4 is 28.4 Å². The Balaban J connectivity index is 0. The van der Waals surface area contributed by atoms with Crippen molar-refractivity contribution in [2.24, 2.45) is 11.5 Å². The van der Waals surface area contributed by atoms with Crippen LogP contribution in [0.25, 0.3) is 0 Å². The molecular weight excluding hydrogens is 258 g/mol. The zero-order valence-corrected chi connectivity index (χ0v) is 9.40. The van der Waals surface area contributed by atoms with Gasteiger partial charge in [0.25, 0.3) is 0 Å². The molecule has 0 aliphatic carbocycles. The molecule has 78 valence electrons. The number of halogens is 1. The Morgan fingerprint density at radius 1 is 1.62 bits per heavy atom. The van der Waals surface area contributed by atoms with Gasteiger partial charge >= 0.3 is 5.97 Å². The van der Waals surface area contributed by atoms with Gasteiger partial charge in [0.05, 0.1) is 0 Å². The number of nitrogens with two attached hydrogens (primary N) is 2. The van der Waals surface area contributed by atoms with Gasteiger partial charge in [0.2, 0.25) is 0 Å². The van der Waals surface area contributed by atoms with Gasteiger partial charge in [0, 0.05) is 5.75 Å². The molecule has 0 aromatic heterocycles. The van der Waals surface area contributed by atoms with Crippen molar-refractivity contribution in [2.75, 3.05) is 5.75 Å². The summed E-state index contributed by atoms with van der Waals surface area (Å²) in [4.78, 5) is 10.2. The van der Waals surface area contributed by atoms with Gasteiger partial charge in [0.1, 0.15) is 6.04 Å². The molecule has 0 unspecified atom stereocenters. The first-order chi connectivity index (χ1) is 5.54. The van der Waals surface area contributed by atoms with Crippen molar-refractivity contribution >= 4 is 22.9 Å². The van der Waals surface area contributed by atoms with Gasteiger partial charge in [0.15, 0.2) is 5.17 Å². The fourth-order valence-electron chi connectivity index (χ4n) is 0.609. The quantitative estimate of drug-likeness (QED) is 0.239. The lowest BCUT2D eigenvalue weighted by Gasteiger charge is -2.04. The highest BCUT2D eigenvalue weighted by Crippen LogP contribution is 2.04. The SMILES string of the molecule is N=C(N)SCCC[C@H](N)C(=O)O.[Br-]. The zero-order chi connectivity index (χ0) is 9.56. The predicted octanol–water partition coefficient (Wildman–Crippen LogP) is -3.19. The molecule has 7 heteroatoms. The molecule has 0 bridgehead atoms. The number of carboxylic acids is 1. The van der Waals surface area contributed by atoms with E-state index >= 15 is 0 Å². The van der Waals surface area contributed by atoms with E-state index in [4.69, 9.17) is 22.0 Å². The third-order valence-electron chi connectivity index (χ3n) is 1.23. The van der Waals surface area contributed by atoms with Crippen molar-refractivity contribution in [2.45, 2.75) is 18.9 Å². The highest BCUT2D eigenvalue weighted by molar-refractivity contribution is 8.13. The summed E-state index contributed by atoms with van der Waals surface area (Å²) in [6.45, 7) is 0. The zero-order valence-electron chi connectivity index (χ0n) is 7.00. The first-order valence-corrected chi connectivity index (χ1v) is 4.48. The fourth-order valence-corrected chi connectivity index (χ4v) is 1.14. The Bertz CT molecular complexity index is 179. The maximum absolute atomic E-state index is 10.2. The molecule has 0 amide bonds. The summed E-state index contributed by atoms with van der Waals surface area (Å²) in [6.07, 6.45) is 1.09. The summed E-state index contributed by atoms with van der Waals surface area (Å²) < 4.78 is 0. The van der Waals surface area contributed by atoms with Crippen LogP contribution in [0.5, 0.6) is 0 Å². The first-order valence-electron chi connectivity index (χ1n) is 3.49. The molecule has 0 aliphatic heterocycles. The fraction of sp³-hybridized carbons (Fsp3) is 0.667. The van der Waals surface area contributed by atoms with Gasteiger partial charge in [-0.15, -0.1) is 0 Å². The standard InChI is InChI=1S/C6H13N3O2S.BrH/c7-4(5(10)11)2-1-3-12-6(8)9;/h4H,1-3,7H2,(H3,8,9)(H,10,11);1H/p-1/t4-;/m0./s1. The number of thioether (sulfide) groups is 1. The summed E-state index contributed by atoms with van der Waals surface area (Å²) in [5, 5.41) is 15.3. The van der Waals surface area contributed by atoms with Gasteiger partial charge in [-0.3, -0.25) is 10.2 Å². The van der Waals surface area contributed by atoms with Gasteiger partial charge < -0.3 is 33.6 Å². The van der Waals surface area contributed by atoms with E-state index in [0.717, 1.165) is 0 Å². The van der Waals surface area contributed by atoms with Crippen LogP contribution in [0.15, 0.2) is 0 Å². The average Bonchev–Trinajstić information content (AvgIpc) is 1.97. The molecule has 5 nitrogen and oxygen atoms in total. The number of hydrogen-bond donors (Lipinski definition) is 4. The molecule has 0 fully saturated rings. The molecule has 6 N–H and O–H groups in total. The van der Waals surface area contributed by atoms with E-state index in [1.54, 1.807) is 0 Å². The minimum absolute atomic E-state index is 0. The second-order valence-electron chi connectivity index (χ2n) is 2.30. The summed E-state index contributed by atoms with van der Waals surface area (Å²) >= 11 is 1.20. The number of carboxylic acid groups (broad SMARTS) is 1. The van der Waals surface area contributed by atoms with E-state index in [-0.39, 0.29) is 22.1 Å². The molecule has 1 atom stereocenters. The van der Waals surface area contributed by atoms with Crippen LogP contribution in [0.4, 0.5) is 0 Å². The van der Waals surface area contributed by atoms with Crippen LogP contribution >= 0.6 is 11.8 Å². The van der Waals surface area contributed by atoms with E-state index in [9.17, 15) is 4.79 Å². The maximum Gasteiger partial charge on any atom is 0.320 e. The minimum atomic E-state index is -0.983. The van der Waals surface area contributed by atoms with Crippen LogP contribution in [-0.2, 0) is 4.79 Å². The molecule has 0 saturated carbocycles. The molecule has 0 aliphatic rings. The number of carbonyl (C=O) groups is 1. The average molecular weight is 271 g/mol. The monoisotopic (exact) mass is 270 g/mol. The second kappa shape index (κ2) is 8.33. The van der Waals surface area contributed by atoms with Crippen molar-refractivity contribution in [3.63, 3.8) is 0 Å². The van der Waals surface area contributed by atoms with Crippen LogP contribution in [0.2, 0.25) is 0 Å². The van der Waals surface area contributed by atoms with Crippen molar-refractivity contribution in [1.82, 2.24) is 0 Å². The van der Waals surface area contributed by atoms with Crippen LogP contribution in [0.3, 0.4) is 0 Å². The van der Waals surface area contributed by atoms with Crippen LogP contribution in [-0.4, -0.2) is 28.0 Å². The Morgan fingerprint density at radius 3 is 2.54 bits per heavy atom. The third-order valence-corrected chi connectivity index (χ3v) is 2.04. The third kappa shape index (κ3) is 9.65. The number of amidine groups is 1. The highest BCUT2D eigenvalue weighted by Gasteiger charge is 2.09. The largest absolute Gasteiger partial charge is 1.00 e. The maximum atomic E-state index is 10.2. The van der Waals surface area contributed by atoms with E-state index in [1.165, 1.54) is 11.8 Å². The molecule has 0 aromatic rings. The van der Waals surface area contributed by atoms with Crippen molar-refractivity contribution in [3.05, 3.63) is 0 Å². The smallest absolute Gasteiger partial charge is 0.320 e. The van der Waals surface area contributed by atoms with Gasteiger partial charge in [-0.2, -0.15) is 0 Å². The minimum Gasteiger partial charge on any atom is -1.00 e. The normalized spacial score (nSPS) is 11.5. The highest BCUT2D eigenvalue weighted by atomic mass is 79.9. The Hall–Kier alpha value is -0.270. The lowest BCUT2D eigenvalue weighted by Crippen LogP contribution is -3.00. The molecule has 0 aromatic carbocycles. The lowest BCUT2D eigenvalue weighted by atomic mass is 10.2. The van der Waals surface area contributed by atoms with Crippen molar-refractivity contribution in [1.29, 1.82) is 5.41 Å². The van der Waals surface area contributed by atoms with Gasteiger partial charge in [-0.1, -0.05) is 11.8 Å². The van der Waals surface area contributed by atoms with Crippen LogP contribution in [0.1, 0.15) is 12.8 Å². The first kappa shape index (κ1) is 15.2. The van der Waals surface area contributed by atoms with Crippen molar-refractivity contribution < 1.29 is 26.9 Å². The van der Waals surface area contributed by atoms with Crippen molar-refractivity contribution in [3.8, 4) is 0 Å². The summed E-state index contributed by atoms with van der Waals surface area (Å²) in [7, 11) is 0. The van der Waals surface area contributed by atoms with Gasteiger partial charge in [-0.25, -0.2) is 0 Å². The summed E-state index contributed by atoms with van der Waals surface area (Å²) in [5.41, 5.74) is 10.3. The molecule has 0 rings (SSSR count). The van der Waals surface area contributed by atoms with Crippen LogP contribution in [0, 0.1) is 5.41 Å². The topological polar surface area (TPSA) is 113 Å². The number of hydrogen-bond acceptors (Lipinski definition) is 4. The second-order valence-corrected chi connectivity index (χ2v) is 3.44. The van der Waals surface area contributed by atoms with E-state index in [1.807, 2.05) is 0 Å². The van der Waals surface area contributed by atoms with E-state index in [0.29, 0.717) is 18.6 Å². The molecule has 0 radical (unpaired) electrons. The Labute approximate surface area is 91.5 Å². The van der Waals surface area contributed by atoms with E-state index in [2.05, 4.69) is 0 Å². The number of nitrogens with one attached hydrogen (secondary N) is 1. The molecule has 0 saturated heterocycles. The molecule has 0 spiro atoms.